The number of carbonyl (C=O) groups is 3. The molecular formula is C19H18BrNO5. The van der Waals surface area contributed by atoms with Crippen LogP contribution in [0, 0.1) is 0 Å². The molecule has 2 aromatic carbocycles. The highest BCUT2D eigenvalue weighted by Crippen LogP contribution is 2.16. The van der Waals surface area contributed by atoms with Crippen molar-refractivity contribution in [2.24, 2.45) is 0 Å². The lowest BCUT2D eigenvalue weighted by molar-refractivity contribution is -0.124. The SMILES string of the molecule is COC(=O)c1ccccc1C(=O)OCC(=O)NC(C)c1ccc(Br)cc1. The van der Waals surface area contributed by atoms with Crippen LogP contribution in [0.1, 0.15) is 39.2 Å². The van der Waals surface area contributed by atoms with Crippen LogP contribution in [-0.2, 0) is 14.3 Å². The van der Waals surface area contributed by atoms with Crippen LogP contribution in [0.3, 0.4) is 0 Å². The Kier molecular flexibility index (Phi) is 6.91. The van der Waals surface area contributed by atoms with Crippen molar-refractivity contribution < 1.29 is 23.9 Å². The number of carbonyl (C=O) groups excluding carboxylic acids is 3. The third-order valence-electron chi connectivity index (χ3n) is 3.63. The first-order valence-corrected chi connectivity index (χ1v) is 8.61. The summed E-state index contributed by atoms with van der Waals surface area (Å²) in [5, 5.41) is 2.75. The molecule has 0 aliphatic heterocycles. The van der Waals surface area contributed by atoms with Crippen LogP contribution in [0.15, 0.2) is 53.0 Å². The summed E-state index contributed by atoms with van der Waals surface area (Å²) in [6.45, 7) is 1.38. The highest BCUT2D eigenvalue weighted by Gasteiger charge is 2.19. The van der Waals surface area contributed by atoms with Crippen LogP contribution in [0.4, 0.5) is 0 Å². The Bertz CT molecular complexity index is 804. The van der Waals surface area contributed by atoms with Gasteiger partial charge in [-0.05, 0) is 36.8 Å². The van der Waals surface area contributed by atoms with Crippen LogP contribution < -0.4 is 5.32 Å². The van der Waals surface area contributed by atoms with E-state index in [1.807, 2.05) is 31.2 Å². The zero-order chi connectivity index (χ0) is 19.1. The molecule has 1 atom stereocenters. The van der Waals surface area contributed by atoms with Gasteiger partial charge in [-0.3, -0.25) is 4.79 Å². The van der Waals surface area contributed by atoms with Gasteiger partial charge in [0.25, 0.3) is 5.91 Å². The minimum Gasteiger partial charge on any atom is -0.465 e. The van der Waals surface area contributed by atoms with Crippen LogP contribution in [0.5, 0.6) is 0 Å². The molecule has 0 radical (unpaired) electrons. The van der Waals surface area contributed by atoms with Crippen molar-refractivity contribution in [3.63, 3.8) is 0 Å². The molecule has 1 amide bonds. The van der Waals surface area contributed by atoms with E-state index >= 15 is 0 Å². The Morgan fingerprint density at radius 1 is 1.00 bits per heavy atom. The van der Waals surface area contributed by atoms with Crippen LogP contribution >= 0.6 is 15.9 Å². The van der Waals surface area contributed by atoms with Crippen molar-refractivity contribution in [2.75, 3.05) is 13.7 Å². The summed E-state index contributed by atoms with van der Waals surface area (Å²) in [4.78, 5) is 35.9. The van der Waals surface area contributed by atoms with Crippen LogP contribution in [0.25, 0.3) is 0 Å². The lowest BCUT2D eigenvalue weighted by Crippen LogP contribution is -2.31. The molecule has 0 aromatic heterocycles. The summed E-state index contributed by atoms with van der Waals surface area (Å²) in [5.74, 6) is -1.85. The van der Waals surface area contributed by atoms with Crippen molar-refractivity contribution >= 4 is 33.8 Å². The molecule has 2 aromatic rings. The Morgan fingerprint density at radius 2 is 1.58 bits per heavy atom. The molecule has 0 aliphatic carbocycles. The van der Waals surface area contributed by atoms with E-state index in [9.17, 15) is 14.4 Å². The summed E-state index contributed by atoms with van der Waals surface area (Å²) in [6.07, 6.45) is 0. The number of hydrogen-bond donors (Lipinski definition) is 1. The average molecular weight is 420 g/mol. The lowest BCUT2D eigenvalue weighted by Gasteiger charge is -2.15. The summed E-state index contributed by atoms with van der Waals surface area (Å²) < 4.78 is 10.6. The van der Waals surface area contributed by atoms with Crippen molar-refractivity contribution in [3.05, 3.63) is 69.7 Å². The largest absolute Gasteiger partial charge is 0.465 e. The predicted octanol–water partition coefficient (Wildman–Crippen LogP) is 3.27. The fourth-order valence-corrected chi connectivity index (χ4v) is 2.54. The molecule has 0 heterocycles. The van der Waals surface area contributed by atoms with Crippen molar-refractivity contribution in [1.82, 2.24) is 5.32 Å². The maximum Gasteiger partial charge on any atom is 0.339 e. The minimum absolute atomic E-state index is 0.0492. The van der Waals surface area contributed by atoms with E-state index in [-0.39, 0.29) is 17.2 Å². The molecule has 1 unspecified atom stereocenters. The number of ether oxygens (including phenoxy) is 2. The molecule has 6 nitrogen and oxygen atoms in total. The predicted molar refractivity (Wildman–Crippen MR) is 98.8 cm³/mol. The monoisotopic (exact) mass is 419 g/mol. The van der Waals surface area contributed by atoms with E-state index in [2.05, 4.69) is 26.0 Å². The smallest absolute Gasteiger partial charge is 0.339 e. The van der Waals surface area contributed by atoms with Gasteiger partial charge in [0.15, 0.2) is 6.61 Å². The van der Waals surface area contributed by atoms with Gasteiger partial charge in [-0.25, -0.2) is 9.59 Å². The number of hydrogen-bond acceptors (Lipinski definition) is 5. The molecule has 1 N–H and O–H groups in total. The van der Waals surface area contributed by atoms with E-state index in [4.69, 9.17) is 4.74 Å². The summed E-state index contributed by atoms with van der Waals surface area (Å²) in [6, 6.07) is 13.4. The number of benzene rings is 2. The second-order valence-corrected chi connectivity index (χ2v) is 6.37. The van der Waals surface area contributed by atoms with Gasteiger partial charge in [0.05, 0.1) is 24.3 Å². The molecule has 7 heteroatoms. The lowest BCUT2D eigenvalue weighted by atomic mass is 10.1. The standard InChI is InChI=1S/C19H18BrNO5/c1-12(13-7-9-14(20)10-8-13)21-17(22)11-26-19(24)16-6-4-3-5-15(16)18(23)25-2/h3-10,12H,11H2,1-2H3,(H,21,22). The molecule has 0 saturated heterocycles. The fourth-order valence-electron chi connectivity index (χ4n) is 2.28. The second-order valence-electron chi connectivity index (χ2n) is 5.45. The summed E-state index contributed by atoms with van der Waals surface area (Å²) in [5.41, 5.74) is 1.06. The number of amides is 1. The molecule has 2 rings (SSSR count). The van der Waals surface area contributed by atoms with Crippen molar-refractivity contribution in [2.45, 2.75) is 13.0 Å². The molecule has 26 heavy (non-hydrogen) atoms. The van der Waals surface area contributed by atoms with E-state index < -0.39 is 24.5 Å². The number of nitrogens with one attached hydrogen (secondary N) is 1. The maximum absolute atomic E-state index is 12.2. The molecule has 0 spiro atoms. The van der Waals surface area contributed by atoms with Gasteiger partial charge >= 0.3 is 11.9 Å². The van der Waals surface area contributed by atoms with Crippen molar-refractivity contribution in [3.8, 4) is 0 Å². The first-order chi connectivity index (χ1) is 12.4. The number of esters is 2. The van der Waals surface area contributed by atoms with Gasteiger partial charge in [-0.1, -0.05) is 40.2 Å². The summed E-state index contributed by atoms with van der Waals surface area (Å²) >= 11 is 3.35. The maximum atomic E-state index is 12.2. The highest BCUT2D eigenvalue weighted by molar-refractivity contribution is 9.10. The van der Waals surface area contributed by atoms with Gasteiger partial charge in [-0.15, -0.1) is 0 Å². The zero-order valence-electron chi connectivity index (χ0n) is 14.3. The van der Waals surface area contributed by atoms with E-state index in [0.29, 0.717) is 0 Å². The van der Waals surface area contributed by atoms with Crippen LogP contribution in [0.2, 0.25) is 0 Å². The van der Waals surface area contributed by atoms with Gasteiger partial charge in [-0.2, -0.15) is 0 Å². The third-order valence-corrected chi connectivity index (χ3v) is 4.16. The first kappa shape index (κ1) is 19.7. The van der Waals surface area contributed by atoms with E-state index in [0.717, 1.165) is 10.0 Å². The zero-order valence-corrected chi connectivity index (χ0v) is 15.9. The second kappa shape index (κ2) is 9.15. The first-order valence-electron chi connectivity index (χ1n) is 7.81. The van der Waals surface area contributed by atoms with Crippen molar-refractivity contribution in [1.29, 1.82) is 0 Å². The Hall–Kier alpha value is -2.67. The number of halogens is 1. The number of rotatable bonds is 6. The minimum atomic E-state index is -0.766. The quantitative estimate of drug-likeness (QED) is 0.726. The Labute approximate surface area is 159 Å². The normalized spacial score (nSPS) is 11.3. The van der Waals surface area contributed by atoms with Gasteiger partial charge in [0.1, 0.15) is 0 Å². The topological polar surface area (TPSA) is 81.7 Å². The Morgan fingerprint density at radius 3 is 2.15 bits per heavy atom. The molecule has 136 valence electrons. The third kappa shape index (κ3) is 5.16. The molecule has 0 aliphatic rings. The average Bonchev–Trinajstić information content (AvgIpc) is 2.65. The van der Waals surface area contributed by atoms with Crippen LogP contribution in [-0.4, -0.2) is 31.6 Å². The summed E-state index contributed by atoms with van der Waals surface area (Å²) in [7, 11) is 1.22. The highest BCUT2D eigenvalue weighted by atomic mass is 79.9. The van der Waals surface area contributed by atoms with E-state index in [1.54, 1.807) is 12.1 Å². The molecule has 0 fully saturated rings. The van der Waals surface area contributed by atoms with E-state index in [1.165, 1.54) is 19.2 Å². The fraction of sp³-hybridized carbons (Fsp3) is 0.211. The Balaban J connectivity index is 1.94. The number of methoxy groups -OCH3 is 1. The molecular weight excluding hydrogens is 402 g/mol. The molecule has 0 bridgehead atoms. The molecule has 0 saturated carbocycles. The van der Waals surface area contributed by atoms with Gasteiger partial charge in [0, 0.05) is 4.47 Å². The van der Waals surface area contributed by atoms with Gasteiger partial charge < -0.3 is 14.8 Å². The van der Waals surface area contributed by atoms with Gasteiger partial charge in [0.2, 0.25) is 0 Å².